The summed E-state index contributed by atoms with van der Waals surface area (Å²) in [5.41, 5.74) is 2.38. The van der Waals surface area contributed by atoms with Crippen LogP contribution in [0.25, 0.3) is 0 Å². The second-order valence-electron chi connectivity index (χ2n) is 4.64. The Kier molecular flexibility index (Phi) is 5.14. The van der Waals surface area contributed by atoms with Crippen LogP contribution in [0.1, 0.15) is 22.8 Å². The maximum Gasteiger partial charge on any atom is 0.161 e. The van der Waals surface area contributed by atoms with E-state index in [4.69, 9.17) is 21.1 Å². The second kappa shape index (κ2) is 6.69. The Balaban J connectivity index is 2.47. The summed E-state index contributed by atoms with van der Waals surface area (Å²) in [4.78, 5) is 0. The highest BCUT2D eigenvalue weighted by molar-refractivity contribution is 9.10. The first-order chi connectivity index (χ1) is 9.97. The van der Waals surface area contributed by atoms with Crippen molar-refractivity contribution in [2.24, 2.45) is 0 Å². The molecule has 2 aromatic carbocycles. The minimum absolute atomic E-state index is 0.563. The van der Waals surface area contributed by atoms with Gasteiger partial charge in [-0.3, -0.25) is 0 Å². The molecule has 0 saturated carbocycles. The number of benzene rings is 2. The molecule has 2 rings (SSSR count). The number of rotatable bonds is 4. The van der Waals surface area contributed by atoms with Crippen LogP contribution in [0.4, 0.5) is 0 Å². The summed E-state index contributed by atoms with van der Waals surface area (Å²) in [6.07, 6.45) is -0.808. The van der Waals surface area contributed by atoms with E-state index in [1.54, 1.807) is 32.4 Å². The van der Waals surface area contributed by atoms with E-state index in [0.29, 0.717) is 22.1 Å². The third-order valence-electron chi connectivity index (χ3n) is 3.31. The molecule has 0 radical (unpaired) electrons. The van der Waals surface area contributed by atoms with Gasteiger partial charge in [-0.15, -0.1) is 0 Å². The van der Waals surface area contributed by atoms with Gasteiger partial charge in [-0.2, -0.15) is 0 Å². The molecule has 2 aromatic rings. The highest BCUT2D eigenvalue weighted by atomic mass is 79.9. The monoisotopic (exact) mass is 370 g/mol. The predicted molar refractivity (Wildman–Crippen MR) is 87.5 cm³/mol. The Labute approximate surface area is 137 Å². The fraction of sp³-hybridized carbons (Fsp3) is 0.250. The number of aryl methyl sites for hydroxylation is 1. The van der Waals surface area contributed by atoms with Crippen LogP contribution in [0.2, 0.25) is 5.02 Å². The molecule has 0 spiro atoms. The standard InChI is InChI=1S/C16H16BrClO3/c1-9-4-5-10(6-13(9)18)16(19)11-7-14(20-2)15(21-3)8-12(11)17/h4-8,16,19H,1-3H3. The van der Waals surface area contributed by atoms with E-state index in [1.165, 1.54) is 0 Å². The minimum atomic E-state index is -0.808. The molecule has 0 aliphatic rings. The van der Waals surface area contributed by atoms with Gasteiger partial charge < -0.3 is 14.6 Å². The Hall–Kier alpha value is -1.23. The summed E-state index contributed by atoms with van der Waals surface area (Å²) < 4.78 is 11.3. The topological polar surface area (TPSA) is 38.7 Å². The van der Waals surface area contributed by atoms with Gasteiger partial charge in [0.2, 0.25) is 0 Å². The smallest absolute Gasteiger partial charge is 0.161 e. The van der Waals surface area contributed by atoms with Gasteiger partial charge in [0, 0.05) is 15.1 Å². The highest BCUT2D eigenvalue weighted by Crippen LogP contribution is 2.38. The lowest BCUT2D eigenvalue weighted by Gasteiger charge is -2.17. The molecule has 0 amide bonds. The first kappa shape index (κ1) is 16.1. The van der Waals surface area contributed by atoms with Crippen LogP contribution in [0.15, 0.2) is 34.8 Å². The molecule has 3 nitrogen and oxygen atoms in total. The first-order valence-corrected chi connectivity index (χ1v) is 7.50. The number of hydrogen-bond donors (Lipinski definition) is 1. The zero-order valence-electron chi connectivity index (χ0n) is 12.0. The summed E-state index contributed by atoms with van der Waals surface area (Å²) >= 11 is 9.58. The summed E-state index contributed by atoms with van der Waals surface area (Å²) in [7, 11) is 3.13. The van der Waals surface area contributed by atoms with Crippen molar-refractivity contribution in [1.29, 1.82) is 0 Å². The molecule has 0 aliphatic carbocycles. The Morgan fingerprint density at radius 2 is 1.71 bits per heavy atom. The molecular formula is C16H16BrClO3. The zero-order chi connectivity index (χ0) is 15.6. The zero-order valence-corrected chi connectivity index (χ0v) is 14.3. The van der Waals surface area contributed by atoms with E-state index in [1.807, 2.05) is 19.1 Å². The molecule has 1 N–H and O–H groups in total. The summed E-state index contributed by atoms with van der Waals surface area (Å²) in [6.45, 7) is 1.92. The molecule has 1 unspecified atom stereocenters. The van der Waals surface area contributed by atoms with Crippen molar-refractivity contribution >= 4 is 27.5 Å². The van der Waals surface area contributed by atoms with Crippen molar-refractivity contribution in [3.8, 4) is 11.5 Å². The quantitative estimate of drug-likeness (QED) is 0.859. The van der Waals surface area contributed by atoms with E-state index in [9.17, 15) is 5.11 Å². The van der Waals surface area contributed by atoms with Crippen molar-refractivity contribution in [2.75, 3.05) is 14.2 Å². The molecule has 0 aromatic heterocycles. The van der Waals surface area contributed by atoms with Crippen LogP contribution in [0, 0.1) is 6.92 Å². The van der Waals surface area contributed by atoms with Crippen molar-refractivity contribution in [1.82, 2.24) is 0 Å². The lowest BCUT2D eigenvalue weighted by molar-refractivity contribution is 0.218. The summed E-state index contributed by atoms with van der Waals surface area (Å²) in [6, 6.07) is 9.03. The number of hydrogen-bond acceptors (Lipinski definition) is 3. The van der Waals surface area contributed by atoms with Crippen molar-refractivity contribution < 1.29 is 14.6 Å². The number of halogens is 2. The van der Waals surface area contributed by atoms with Gasteiger partial charge in [0.1, 0.15) is 6.10 Å². The lowest BCUT2D eigenvalue weighted by atomic mass is 10.00. The van der Waals surface area contributed by atoms with Crippen molar-refractivity contribution in [2.45, 2.75) is 13.0 Å². The minimum Gasteiger partial charge on any atom is -0.493 e. The van der Waals surface area contributed by atoms with Gasteiger partial charge in [0.25, 0.3) is 0 Å². The lowest BCUT2D eigenvalue weighted by Crippen LogP contribution is -2.03. The van der Waals surface area contributed by atoms with Gasteiger partial charge >= 0.3 is 0 Å². The van der Waals surface area contributed by atoms with Crippen molar-refractivity contribution in [3.63, 3.8) is 0 Å². The van der Waals surface area contributed by atoms with E-state index < -0.39 is 6.10 Å². The number of methoxy groups -OCH3 is 2. The van der Waals surface area contributed by atoms with Crippen LogP contribution >= 0.6 is 27.5 Å². The molecule has 1 atom stereocenters. The van der Waals surface area contributed by atoms with Gasteiger partial charge in [-0.05, 0) is 36.2 Å². The van der Waals surface area contributed by atoms with Gasteiger partial charge in [0.15, 0.2) is 11.5 Å². The molecule has 21 heavy (non-hydrogen) atoms. The van der Waals surface area contributed by atoms with Crippen LogP contribution in [-0.4, -0.2) is 19.3 Å². The molecule has 112 valence electrons. The number of ether oxygens (including phenoxy) is 2. The number of aliphatic hydroxyl groups excluding tert-OH is 1. The van der Waals surface area contributed by atoms with Crippen LogP contribution in [0.3, 0.4) is 0 Å². The van der Waals surface area contributed by atoms with E-state index >= 15 is 0 Å². The molecule has 0 aliphatic heterocycles. The van der Waals surface area contributed by atoms with E-state index in [-0.39, 0.29) is 0 Å². The van der Waals surface area contributed by atoms with Crippen LogP contribution in [0.5, 0.6) is 11.5 Å². The van der Waals surface area contributed by atoms with Crippen LogP contribution < -0.4 is 9.47 Å². The molecule has 5 heteroatoms. The Morgan fingerprint density at radius 1 is 1.10 bits per heavy atom. The molecule has 0 saturated heterocycles. The maximum absolute atomic E-state index is 10.6. The van der Waals surface area contributed by atoms with E-state index in [2.05, 4.69) is 15.9 Å². The largest absolute Gasteiger partial charge is 0.493 e. The van der Waals surface area contributed by atoms with Gasteiger partial charge in [0.05, 0.1) is 14.2 Å². The Bertz CT molecular complexity index is 658. The summed E-state index contributed by atoms with van der Waals surface area (Å²) in [5, 5.41) is 11.2. The molecule has 0 fully saturated rings. The summed E-state index contributed by atoms with van der Waals surface area (Å²) in [5.74, 6) is 1.16. The van der Waals surface area contributed by atoms with Gasteiger partial charge in [-0.1, -0.05) is 39.7 Å². The fourth-order valence-corrected chi connectivity index (χ4v) is 2.77. The third-order valence-corrected chi connectivity index (χ3v) is 4.40. The molecule has 0 bridgehead atoms. The molecule has 0 heterocycles. The van der Waals surface area contributed by atoms with Crippen LogP contribution in [-0.2, 0) is 0 Å². The average Bonchev–Trinajstić information content (AvgIpc) is 2.49. The second-order valence-corrected chi connectivity index (χ2v) is 5.90. The highest BCUT2D eigenvalue weighted by Gasteiger charge is 2.18. The third kappa shape index (κ3) is 3.34. The molecular weight excluding hydrogens is 356 g/mol. The van der Waals surface area contributed by atoms with Crippen molar-refractivity contribution in [3.05, 3.63) is 56.5 Å². The average molecular weight is 372 g/mol. The SMILES string of the molecule is COc1cc(Br)c(C(O)c2ccc(C)c(Cl)c2)cc1OC. The van der Waals surface area contributed by atoms with E-state index in [0.717, 1.165) is 15.6 Å². The first-order valence-electron chi connectivity index (χ1n) is 6.33. The maximum atomic E-state index is 10.6. The number of aliphatic hydroxyl groups is 1. The van der Waals surface area contributed by atoms with Gasteiger partial charge in [-0.25, -0.2) is 0 Å². The Morgan fingerprint density at radius 3 is 2.29 bits per heavy atom. The normalized spacial score (nSPS) is 12.1. The fourth-order valence-electron chi connectivity index (χ4n) is 2.04. The predicted octanol–water partition coefficient (Wildman–Crippen LogP) is 4.51.